The number of carbonyl (C=O) groups is 2. The Morgan fingerprint density at radius 2 is 1.83 bits per heavy atom. The van der Waals surface area contributed by atoms with E-state index >= 15 is 0 Å². The van der Waals surface area contributed by atoms with Crippen LogP contribution in [-0.4, -0.2) is 25.2 Å². The summed E-state index contributed by atoms with van der Waals surface area (Å²) < 4.78 is 9.77. The van der Waals surface area contributed by atoms with Crippen LogP contribution in [0, 0.1) is 6.92 Å². The molecule has 0 spiro atoms. The molecule has 0 aliphatic rings. The SMILES string of the molecule is C=C(C)C(=O)COCOC(=O)c1ccc(C)cc1. The largest absolute Gasteiger partial charge is 0.435 e. The van der Waals surface area contributed by atoms with Crippen molar-refractivity contribution < 1.29 is 19.1 Å². The first kappa shape index (κ1) is 14.1. The van der Waals surface area contributed by atoms with Crippen molar-refractivity contribution in [2.75, 3.05) is 13.4 Å². The minimum atomic E-state index is -0.474. The molecule has 1 rings (SSSR count). The lowest BCUT2D eigenvalue weighted by molar-refractivity contribution is -0.123. The standard InChI is InChI=1S/C14H16O4/c1-10(2)13(15)8-17-9-18-14(16)12-6-4-11(3)5-7-12/h4-7H,1,8-9H2,2-3H3. The van der Waals surface area contributed by atoms with Crippen LogP contribution in [0.3, 0.4) is 0 Å². The molecule has 1 aromatic rings. The zero-order chi connectivity index (χ0) is 13.5. The molecule has 0 heterocycles. The van der Waals surface area contributed by atoms with Crippen LogP contribution in [-0.2, 0) is 14.3 Å². The maximum absolute atomic E-state index is 11.5. The van der Waals surface area contributed by atoms with Crippen LogP contribution in [0.1, 0.15) is 22.8 Å². The zero-order valence-corrected chi connectivity index (χ0v) is 10.6. The summed E-state index contributed by atoms with van der Waals surface area (Å²) in [6.45, 7) is 6.65. The maximum Gasteiger partial charge on any atom is 0.340 e. The van der Waals surface area contributed by atoms with Gasteiger partial charge in [-0.1, -0.05) is 24.3 Å². The van der Waals surface area contributed by atoms with Crippen LogP contribution in [0.25, 0.3) is 0 Å². The van der Waals surface area contributed by atoms with Gasteiger partial charge in [0.2, 0.25) is 0 Å². The first-order valence-corrected chi connectivity index (χ1v) is 5.51. The van der Waals surface area contributed by atoms with Crippen molar-refractivity contribution in [1.82, 2.24) is 0 Å². The Labute approximate surface area is 106 Å². The second-order valence-corrected chi connectivity index (χ2v) is 3.97. The summed E-state index contributed by atoms with van der Waals surface area (Å²) in [5.41, 5.74) is 1.94. The molecule has 0 aromatic heterocycles. The summed E-state index contributed by atoms with van der Waals surface area (Å²) in [5.74, 6) is -0.681. The highest BCUT2D eigenvalue weighted by Gasteiger charge is 2.07. The number of ether oxygens (including phenoxy) is 2. The third-order valence-corrected chi connectivity index (χ3v) is 2.27. The normalized spacial score (nSPS) is 9.89. The number of Topliss-reactive ketones (excluding diaryl/α,β-unsaturated/α-hetero) is 1. The lowest BCUT2D eigenvalue weighted by atomic mass is 10.2. The van der Waals surface area contributed by atoms with E-state index in [1.54, 1.807) is 19.1 Å². The fourth-order valence-electron chi connectivity index (χ4n) is 1.13. The minimum Gasteiger partial charge on any atom is -0.435 e. The molecule has 0 aliphatic carbocycles. The number of carbonyl (C=O) groups excluding carboxylic acids is 2. The summed E-state index contributed by atoms with van der Waals surface area (Å²) in [4.78, 5) is 22.7. The van der Waals surface area contributed by atoms with Gasteiger partial charge in [-0.25, -0.2) is 4.79 Å². The molecule has 0 saturated heterocycles. The zero-order valence-electron chi connectivity index (χ0n) is 10.6. The second-order valence-electron chi connectivity index (χ2n) is 3.97. The van der Waals surface area contributed by atoms with Gasteiger partial charge in [-0.2, -0.15) is 0 Å². The summed E-state index contributed by atoms with van der Waals surface area (Å²) >= 11 is 0. The van der Waals surface area contributed by atoms with Crippen LogP contribution in [0.15, 0.2) is 36.4 Å². The Bertz CT molecular complexity index is 445. The van der Waals surface area contributed by atoms with Gasteiger partial charge in [0.25, 0.3) is 0 Å². The molecule has 0 amide bonds. The molecular formula is C14H16O4. The Hall–Kier alpha value is -1.94. The summed E-state index contributed by atoms with van der Waals surface area (Å²) in [6, 6.07) is 7.00. The van der Waals surface area contributed by atoms with E-state index in [2.05, 4.69) is 6.58 Å². The van der Waals surface area contributed by atoms with Crippen molar-refractivity contribution >= 4 is 11.8 Å². The molecule has 96 valence electrons. The lowest BCUT2D eigenvalue weighted by Gasteiger charge is -2.05. The van der Waals surface area contributed by atoms with E-state index in [4.69, 9.17) is 9.47 Å². The molecule has 0 atom stereocenters. The van der Waals surface area contributed by atoms with Gasteiger partial charge in [-0.05, 0) is 31.6 Å². The quantitative estimate of drug-likeness (QED) is 0.335. The van der Waals surface area contributed by atoms with E-state index in [0.717, 1.165) is 5.56 Å². The molecule has 0 radical (unpaired) electrons. The number of hydrogen-bond acceptors (Lipinski definition) is 4. The van der Waals surface area contributed by atoms with Crippen molar-refractivity contribution in [3.05, 3.63) is 47.5 Å². The first-order chi connectivity index (χ1) is 8.50. The molecule has 4 heteroatoms. The monoisotopic (exact) mass is 248 g/mol. The van der Waals surface area contributed by atoms with E-state index in [9.17, 15) is 9.59 Å². The highest BCUT2D eigenvalue weighted by molar-refractivity contribution is 5.95. The molecule has 4 nitrogen and oxygen atoms in total. The molecule has 18 heavy (non-hydrogen) atoms. The first-order valence-electron chi connectivity index (χ1n) is 5.51. The van der Waals surface area contributed by atoms with Gasteiger partial charge >= 0.3 is 5.97 Å². The number of esters is 1. The third-order valence-electron chi connectivity index (χ3n) is 2.27. The maximum atomic E-state index is 11.5. The number of rotatable bonds is 6. The lowest BCUT2D eigenvalue weighted by Crippen LogP contribution is -2.14. The van der Waals surface area contributed by atoms with Gasteiger partial charge in [0, 0.05) is 0 Å². The number of ketones is 1. The van der Waals surface area contributed by atoms with Gasteiger partial charge in [0.1, 0.15) is 6.61 Å². The Kier molecular flexibility index (Phi) is 5.27. The van der Waals surface area contributed by atoms with E-state index < -0.39 is 5.97 Å². The van der Waals surface area contributed by atoms with Crippen LogP contribution in [0.2, 0.25) is 0 Å². The molecule has 0 unspecified atom stereocenters. The molecular weight excluding hydrogens is 232 g/mol. The highest BCUT2D eigenvalue weighted by atomic mass is 16.7. The fraction of sp³-hybridized carbons (Fsp3) is 0.286. The van der Waals surface area contributed by atoms with E-state index in [0.29, 0.717) is 11.1 Å². The molecule has 0 saturated carbocycles. The average Bonchev–Trinajstić information content (AvgIpc) is 2.34. The van der Waals surface area contributed by atoms with Gasteiger partial charge < -0.3 is 9.47 Å². The topological polar surface area (TPSA) is 52.6 Å². The van der Waals surface area contributed by atoms with E-state index in [1.165, 1.54) is 0 Å². The van der Waals surface area contributed by atoms with E-state index in [1.807, 2.05) is 19.1 Å². The van der Waals surface area contributed by atoms with Gasteiger partial charge in [0.15, 0.2) is 12.6 Å². The number of hydrogen-bond donors (Lipinski definition) is 0. The van der Waals surface area contributed by atoms with Gasteiger partial charge in [-0.15, -0.1) is 0 Å². The number of benzene rings is 1. The molecule has 0 bridgehead atoms. The Morgan fingerprint density at radius 1 is 1.22 bits per heavy atom. The summed E-state index contributed by atoms with van der Waals surface area (Å²) in [5, 5.41) is 0. The predicted octanol–water partition coefficient (Wildman–Crippen LogP) is 2.27. The smallest absolute Gasteiger partial charge is 0.340 e. The minimum absolute atomic E-state index is 0.128. The Morgan fingerprint density at radius 3 is 2.39 bits per heavy atom. The van der Waals surface area contributed by atoms with Gasteiger partial charge in [0.05, 0.1) is 5.56 Å². The molecule has 0 N–H and O–H groups in total. The second kappa shape index (κ2) is 6.71. The average molecular weight is 248 g/mol. The summed E-state index contributed by atoms with van der Waals surface area (Å²) in [6.07, 6.45) is 0. The molecule has 0 fully saturated rings. The highest BCUT2D eigenvalue weighted by Crippen LogP contribution is 2.04. The van der Waals surface area contributed by atoms with Crippen molar-refractivity contribution in [2.24, 2.45) is 0 Å². The fourth-order valence-corrected chi connectivity index (χ4v) is 1.13. The predicted molar refractivity (Wildman–Crippen MR) is 67.2 cm³/mol. The van der Waals surface area contributed by atoms with Crippen molar-refractivity contribution in [2.45, 2.75) is 13.8 Å². The Balaban J connectivity index is 2.32. The van der Waals surface area contributed by atoms with Crippen molar-refractivity contribution in [3.63, 3.8) is 0 Å². The van der Waals surface area contributed by atoms with Crippen LogP contribution in [0.4, 0.5) is 0 Å². The van der Waals surface area contributed by atoms with Crippen LogP contribution >= 0.6 is 0 Å². The van der Waals surface area contributed by atoms with Crippen molar-refractivity contribution in [1.29, 1.82) is 0 Å². The van der Waals surface area contributed by atoms with Crippen LogP contribution < -0.4 is 0 Å². The van der Waals surface area contributed by atoms with Crippen LogP contribution in [0.5, 0.6) is 0 Å². The van der Waals surface area contributed by atoms with E-state index in [-0.39, 0.29) is 19.2 Å². The van der Waals surface area contributed by atoms with Crippen molar-refractivity contribution in [3.8, 4) is 0 Å². The number of aryl methyl sites for hydroxylation is 1. The third kappa shape index (κ3) is 4.51. The molecule has 0 aliphatic heterocycles. The molecule has 1 aromatic carbocycles. The summed E-state index contributed by atoms with van der Waals surface area (Å²) in [7, 11) is 0. The van der Waals surface area contributed by atoms with Gasteiger partial charge in [-0.3, -0.25) is 4.79 Å².